The number of hydrogen-bond donors (Lipinski definition) is 0. The van der Waals surface area contributed by atoms with Gasteiger partial charge < -0.3 is 4.55 Å². The smallest absolute Gasteiger partial charge is 0.744 e. The van der Waals surface area contributed by atoms with Crippen LogP contribution in [0.25, 0.3) is 10.8 Å². The molecule has 0 amide bonds. The van der Waals surface area contributed by atoms with Gasteiger partial charge >= 0.3 is 29.6 Å². The molecule has 0 aliphatic heterocycles. The van der Waals surface area contributed by atoms with E-state index in [0.717, 1.165) is 16.5 Å². The van der Waals surface area contributed by atoms with Crippen molar-refractivity contribution in [1.82, 2.24) is 0 Å². The van der Waals surface area contributed by atoms with Gasteiger partial charge in [-0.3, -0.25) is 0 Å². The molecule has 0 aliphatic carbocycles. The molecular formula is C12H11NaO3S. The number of aryl methyl sites for hydroxylation is 2. The topological polar surface area (TPSA) is 57.2 Å². The molecule has 0 unspecified atom stereocenters. The molecule has 0 fully saturated rings. The minimum Gasteiger partial charge on any atom is -0.744 e. The van der Waals surface area contributed by atoms with E-state index < -0.39 is 10.1 Å². The van der Waals surface area contributed by atoms with Gasteiger partial charge in [-0.15, -0.1) is 0 Å². The summed E-state index contributed by atoms with van der Waals surface area (Å²) < 4.78 is 33.3. The number of benzene rings is 2. The summed E-state index contributed by atoms with van der Waals surface area (Å²) in [6.07, 6.45) is 0. The van der Waals surface area contributed by atoms with Crippen molar-refractivity contribution in [1.29, 1.82) is 0 Å². The Kier molecular flexibility index (Phi) is 4.38. The van der Waals surface area contributed by atoms with Crippen LogP contribution in [0.3, 0.4) is 0 Å². The van der Waals surface area contributed by atoms with Gasteiger partial charge in [0.25, 0.3) is 0 Å². The van der Waals surface area contributed by atoms with E-state index in [-0.39, 0.29) is 34.5 Å². The number of hydrogen-bond acceptors (Lipinski definition) is 3. The van der Waals surface area contributed by atoms with E-state index in [1.807, 2.05) is 26.0 Å². The van der Waals surface area contributed by atoms with E-state index >= 15 is 0 Å². The molecule has 17 heavy (non-hydrogen) atoms. The third-order valence-electron chi connectivity index (χ3n) is 2.83. The van der Waals surface area contributed by atoms with Crippen molar-refractivity contribution >= 4 is 20.9 Å². The van der Waals surface area contributed by atoms with Crippen LogP contribution in [0.15, 0.2) is 35.2 Å². The van der Waals surface area contributed by atoms with Crippen LogP contribution in [-0.2, 0) is 10.1 Å². The van der Waals surface area contributed by atoms with Crippen LogP contribution < -0.4 is 29.6 Å². The second-order valence-corrected chi connectivity index (χ2v) is 5.16. The number of rotatable bonds is 1. The maximum absolute atomic E-state index is 11.1. The molecule has 0 N–H and O–H groups in total. The van der Waals surface area contributed by atoms with Crippen molar-refractivity contribution < 1.29 is 42.5 Å². The fourth-order valence-corrected chi connectivity index (χ4v) is 2.50. The first-order valence-electron chi connectivity index (χ1n) is 4.86. The Hall–Kier alpha value is -0.390. The Morgan fingerprint density at radius 1 is 1.00 bits per heavy atom. The summed E-state index contributed by atoms with van der Waals surface area (Å²) >= 11 is 0. The van der Waals surface area contributed by atoms with Gasteiger partial charge in [0.2, 0.25) is 0 Å². The van der Waals surface area contributed by atoms with Gasteiger partial charge in [0.1, 0.15) is 10.1 Å². The van der Waals surface area contributed by atoms with Crippen molar-refractivity contribution in [3.05, 3.63) is 41.5 Å². The molecule has 0 spiro atoms. The van der Waals surface area contributed by atoms with Crippen molar-refractivity contribution in [2.24, 2.45) is 0 Å². The van der Waals surface area contributed by atoms with Crippen molar-refractivity contribution in [2.45, 2.75) is 18.7 Å². The summed E-state index contributed by atoms with van der Waals surface area (Å²) in [4.78, 5) is -0.145. The zero-order valence-electron chi connectivity index (χ0n) is 10.0. The van der Waals surface area contributed by atoms with E-state index in [1.54, 1.807) is 12.1 Å². The Balaban J connectivity index is 0.00000144. The summed E-state index contributed by atoms with van der Waals surface area (Å²) in [5.41, 5.74) is 2.08. The van der Waals surface area contributed by atoms with Crippen molar-refractivity contribution in [3.8, 4) is 0 Å². The molecule has 0 atom stereocenters. The number of fused-ring (bicyclic) bond motifs is 1. The predicted molar refractivity (Wildman–Crippen MR) is 61.4 cm³/mol. The molecule has 2 aromatic rings. The minimum absolute atomic E-state index is 0. The van der Waals surface area contributed by atoms with Gasteiger partial charge in [0, 0.05) is 0 Å². The fraction of sp³-hybridized carbons (Fsp3) is 0.167. The molecule has 3 nitrogen and oxygen atoms in total. The maximum Gasteiger partial charge on any atom is 1.00 e. The molecule has 0 aliphatic rings. The quantitative estimate of drug-likeness (QED) is 0.505. The summed E-state index contributed by atoms with van der Waals surface area (Å²) in [7, 11) is -4.41. The van der Waals surface area contributed by atoms with E-state index in [0.29, 0.717) is 5.39 Å². The zero-order valence-corrected chi connectivity index (χ0v) is 12.8. The van der Waals surface area contributed by atoms with Crippen LogP contribution in [0.2, 0.25) is 0 Å². The first-order valence-corrected chi connectivity index (χ1v) is 6.27. The Bertz CT molecular complexity index is 663. The molecule has 0 saturated heterocycles. The van der Waals surface area contributed by atoms with Crippen LogP contribution in [0.1, 0.15) is 11.1 Å². The average molecular weight is 258 g/mol. The van der Waals surface area contributed by atoms with Crippen LogP contribution in [0, 0.1) is 13.8 Å². The maximum atomic E-state index is 11.1. The van der Waals surface area contributed by atoms with E-state index in [2.05, 4.69) is 0 Å². The molecule has 0 saturated carbocycles. The first-order chi connectivity index (χ1) is 7.41. The van der Waals surface area contributed by atoms with Gasteiger partial charge in [-0.2, -0.15) is 0 Å². The average Bonchev–Trinajstić information content (AvgIpc) is 2.21. The van der Waals surface area contributed by atoms with Crippen LogP contribution >= 0.6 is 0 Å². The molecule has 0 heterocycles. The van der Waals surface area contributed by atoms with Crippen LogP contribution in [0.5, 0.6) is 0 Å². The molecular weight excluding hydrogens is 247 g/mol. The van der Waals surface area contributed by atoms with E-state index in [4.69, 9.17) is 0 Å². The van der Waals surface area contributed by atoms with Crippen molar-refractivity contribution in [2.75, 3.05) is 0 Å². The second kappa shape index (κ2) is 5.08. The largest absolute Gasteiger partial charge is 1.00 e. The van der Waals surface area contributed by atoms with Crippen LogP contribution in [-0.4, -0.2) is 13.0 Å². The first kappa shape index (κ1) is 14.7. The minimum atomic E-state index is -4.41. The monoisotopic (exact) mass is 258 g/mol. The van der Waals surface area contributed by atoms with E-state index in [1.165, 1.54) is 6.07 Å². The third-order valence-corrected chi connectivity index (χ3v) is 3.73. The van der Waals surface area contributed by atoms with Gasteiger partial charge in [-0.1, -0.05) is 24.3 Å². The van der Waals surface area contributed by atoms with Gasteiger partial charge in [-0.25, -0.2) is 8.42 Å². The Morgan fingerprint density at radius 2 is 1.65 bits per heavy atom. The molecule has 0 aromatic heterocycles. The summed E-state index contributed by atoms with van der Waals surface area (Å²) in [5.74, 6) is 0. The molecule has 5 heteroatoms. The standard InChI is InChI=1S/C12H12O3S.Na/c1-8-6-7-11-10(9(8)2)4-3-5-12(11)16(13,14)15;/h3-7H,1-2H3,(H,13,14,15);/q;+1/p-1. The molecule has 2 rings (SSSR count). The third kappa shape index (κ3) is 2.72. The second-order valence-electron chi connectivity index (χ2n) is 3.81. The fourth-order valence-electron chi connectivity index (χ4n) is 1.81. The van der Waals surface area contributed by atoms with E-state index in [9.17, 15) is 13.0 Å². The van der Waals surface area contributed by atoms with Gasteiger partial charge in [0.05, 0.1) is 4.90 Å². The summed E-state index contributed by atoms with van der Waals surface area (Å²) in [6, 6.07) is 8.28. The summed E-state index contributed by atoms with van der Waals surface area (Å²) in [5, 5.41) is 1.32. The Morgan fingerprint density at radius 3 is 2.24 bits per heavy atom. The summed E-state index contributed by atoms with van der Waals surface area (Å²) in [6.45, 7) is 3.87. The molecule has 2 aromatic carbocycles. The van der Waals surface area contributed by atoms with Crippen molar-refractivity contribution in [3.63, 3.8) is 0 Å². The molecule has 0 bridgehead atoms. The van der Waals surface area contributed by atoms with Crippen LogP contribution in [0.4, 0.5) is 0 Å². The molecule has 0 radical (unpaired) electrons. The normalized spacial score (nSPS) is 11.2. The zero-order chi connectivity index (χ0) is 11.9. The predicted octanol–water partition coefficient (Wildman–Crippen LogP) is -0.635. The van der Waals surface area contributed by atoms with Gasteiger partial charge in [-0.05, 0) is 41.8 Å². The SMILES string of the molecule is Cc1ccc2c(S(=O)(=O)[O-])cccc2c1C.[Na+]. The van der Waals surface area contributed by atoms with Gasteiger partial charge in [0.15, 0.2) is 0 Å². The Labute approximate surface area is 123 Å². The molecule has 84 valence electrons.